The molecular formula is C13H6F4N2. The third-order valence-corrected chi connectivity index (χ3v) is 2.49. The Bertz CT molecular complexity index is 639. The molecule has 0 spiro atoms. The number of benzene rings is 1. The van der Waals surface area contributed by atoms with Crippen LogP contribution in [0.2, 0.25) is 0 Å². The lowest BCUT2D eigenvalue weighted by Gasteiger charge is -2.09. The minimum atomic E-state index is -4.72. The highest BCUT2D eigenvalue weighted by Crippen LogP contribution is 2.33. The molecular weight excluding hydrogens is 260 g/mol. The fourth-order valence-corrected chi connectivity index (χ4v) is 1.56. The van der Waals surface area contributed by atoms with Gasteiger partial charge in [-0.15, -0.1) is 0 Å². The van der Waals surface area contributed by atoms with Gasteiger partial charge < -0.3 is 0 Å². The van der Waals surface area contributed by atoms with Gasteiger partial charge in [-0.05, 0) is 29.8 Å². The highest BCUT2D eigenvalue weighted by Gasteiger charge is 2.33. The van der Waals surface area contributed by atoms with Crippen LogP contribution in [-0.4, -0.2) is 4.98 Å². The van der Waals surface area contributed by atoms with Crippen LogP contribution in [0.15, 0.2) is 36.5 Å². The molecule has 0 radical (unpaired) electrons. The maximum absolute atomic E-state index is 13.4. The molecule has 1 heterocycles. The van der Waals surface area contributed by atoms with Crippen LogP contribution in [0.3, 0.4) is 0 Å². The fraction of sp³-hybridized carbons (Fsp3) is 0.0769. The molecule has 0 aliphatic heterocycles. The van der Waals surface area contributed by atoms with E-state index < -0.39 is 17.6 Å². The standard InChI is InChI=1S/C13H6F4N2/c14-12-5-8(2-4-11(12)13(15,16)17)9-1-3-10(6-18)19-7-9/h1-5,7H. The summed E-state index contributed by atoms with van der Waals surface area (Å²) in [4.78, 5) is 3.77. The first-order valence-corrected chi connectivity index (χ1v) is 5.15. The van der Waals surface area contributed by atoms with E-state index in [4.69, 9.17) is 5.26 Å². The van der Waals surface area contributed by atoms with Gasteiger partial charge in [-0.3, -0.25) is 0 Å². The van der Waals surface area contributed by atoms with E-state index in [1.807, 2.05) is 6.07 Å². The number of hydrogen-bond acceptors (Lipinski definition) is 2. The Morgan fingerprint density at radius 2 is 1.74 bits per heavy atom. The van der Waals surface area contributed by atoms with Crippen LogP contribution in [0.5, 0.6) is 0 Å². The van der Waals surface area contributed by atoms with Gasteiger partial charge in [0.25, 0.3) is 0 Å². The van der Waals surface area contributed by atoms with E-state index in [9.17, 15) is 17.6 Å². The lowest BCUT2D eigenvalue weighted by molar-refractivity contribution is -0.139. The predicted octanol–water partition coefficient (Wildman–Crippen LogP) is 3.78. The van der Waals surface area contributed by atoms with E-state index in [1.54, 1.807) is 0 Å². The van der Waals surface area contributed by atoms with Gasteiger partial charge in [-0.1, -0.05) is 6.07 Å². The van der Waals surface area contributed by atoms with Crippen LogP contribution < -0.4 is 0 Å². The minimum absolute atomic E-state index is 0.177. The molecule has 0 N–H and O–H groups in total. The number of nitriles is 1. The Balaban J connectivity index is 2.42. The molecule has 1 aromatic heterocycles. The van der Waals surface area contributed by atoms with Crippen LogP contribution in [0.25, 0.3) is 11.1 Å². The van der Waals surface area contributed by atoms with Gasteiger partial charge in [0.2, 0.25) is 0 Å². The van der Waals surface area contributed by atoms with E-state index in [2.05, 4.69) is 4.98 Å². The normalized spacial score (nSPS) is 11.1. The number of rotatable bonds is 1. The minimum Gasteiger partial charge on any atom is -0.245 e. The Kier molecular flexibility index (Phi) is 3.21. The summed E-state index contributed by atoms with van der Waals surface area (Å²) in [7, 11) is 0. The first kappa shape index (κ1) is 13.0. The Morgan fingerprint density at radius 3 is 2.21 bits per heavy atom. The fourth-order valence-electron chi connectivity index (χ4n) is 1.56. The second kappa shape index (κ2) is 4.69. The second-order valence-electron chi connectivity index (χ2n) is 3.74. The summed E-state index contributed by atoms with van der Waals surface area (Å²) < 4.78 is 50.6. The summed E-state index contributed by atoms with van der Waals surface area (Å²) in [6, 6.07) is 7.36. The summed E-state index contributed by atoms with van der Waals surface area (Å²) in [6.45, 7) is 0. The summed E-state index contributed by atoms with van der Waals surface area (Å²) in [5, 5.41) is 8.57. The van der Waals surface area contributed by atoms with Crippen molar-refractivity contribution in [2.24, 2.45) is 0 Å². The molecule has 0 bridgehead atoms. The number of aromatic nitrogens is 1. The average molecular weight is 266 g/mol. The van der Waals surface area contributed by atoms with Gasteiger partial charge in [0, 0.05) is 11.8 Å². The van der Waals surface area contributed by atoms with Crippen molar-refractivity contribution in [1.82, 2.24) is 4.98 Å². The smallest absolute Gasteiger partial charge is 0.245 e. The predicted molar refractivity (Wildman–Crippen MR) is 59.3 cm³/mol. The van der Waals surface area contributed by atoms with Crippen molar-refractivity contribution in [1.29, 1.82) is 5.26 Å². The summed E-state index contributed by atoms with van der Waals surface area (Å²) in [5.41, 5.74) is -0.428. The van der Waals surface area contributed by atoms with Crippen molar-refractivity contribution in [2.75, 3.05) is 0 Å². The van der Waals surface area contributed by atoms with E-state index >= 15 is 0 Å². The monoisotopic (exact) mass is 266 g/mol. The van der Waals surface area contributed by atoms with E-state index in [-0.39, 0.29) is 11.3 Å². The Hall–Kier alpha value is -2.42. The van der Waals surface area contributed by atoms with Crippen molar-refractivity contribution in [3.8, 4) is 17.2 Å². The molecule has 2 aromatic rings. The summed E-state index contributed by atoms with van der Waals surface area (Å²) in [5.74, 6) is -1.34. The molecule has 2 rings (SSSR count). The Morgan fingerprint density at radius 1 is 1.05 bits per heavy atom. The van der Waals surface area contributed by atoms with Gasteiger partial charge in [-0.2, -0.15) is 18.4 Å². The van der Waals surface area contributed by atoms with Crippen molar-refractivity contribution < 1.29 is 17.6 Å². The molecule has 6 heteroatoms. The Labute approximate surface area is 105 Å². The third kappa shape index (κ3) is 2.71. The highest BCUT2D eigenvalue weighted by molar-refractivity contribution is 5.63. The molecule has 96 valence electrons. The number of pyridine rings is 1. The molecule has 0 saturated carbocycles. The topological polar surface area (TPSA) is 36.7 Å². The molecule has 2 nitrogen and oxygen atoms in total. The molecule has 19 heavy (non-hydrogen) atoms. The van der Waals surface area contributed by atoms with Crippen LogP contribution in [0.4, 0.5) is 17.6 Å². The van der Waals surface area contributed by atoms with Crippen molar-refractivity contribution >= 4 is 0 Å². The number of nitrogens with zero attached hydrogens (tertiary/aromatic N) is 2. The summed E-state index contributed by atoms with van der Waals surface area (Å²) in [6.07, 6.45) is -3.41. The molecule has 1 aromatic carbocycles. The van der Waals surface area contributed by atoms with E-state index in [1.165, 1.54) is 18.3 Å². The van der Waals surface area contributed by atoms with Gasteiger partial charge in [0.15, 0.2) is 0 Å². The molecule has 0 unspecified atom stereocenters. The molecule has 0 atom stereocenters. The molecule has 0 aliphatic carbocycles. The first-order valence-electron chi connectivity index (χ1n) is 5.15. The van der Waals surface area contributed by atoms with E-state index in [0.717, 1.165) is 12.1 Å². The maximum Gasteiger partial charge on any atom is 0.419 e. The number of hydrogen-bond donors (Lipinski definition) is 0. The van der Waals surface area contributed by atoms with Crippen LogP contribution >= 0.6 is 0 Å². The van der Waals surface area contributed by atoms with E-state index in [0.29, 0.717) is 11.6 Å². The maximum atomic E-state index is 13.4. The van der Waals surface area contributed by atoms with Crippen molar-refractivity contribution in [2.45, 2.75) is 6.18 Å². The largest absolute Gasteiger partial charge is 0.419 e. The van der Waals surface area contributed by atoms with Crippen LogP contribution in [0, 0.1) is 17.1 Å². The summed E-state index contributed by atoms with van der Waals surface area (Å²) >= 11 is 0. The molecule has 0 saturated heterocycles. The lowest BCUT2D eigenvalue weighted by atomic mass is 10.0. The second-order valence-corrected chi connectivity index (χ2v) is 3.74. The molecule has 0 amide bonds. The quantitative estimate of drug-likeness (QED) is 0.736. The lowest BCUT2D eigenvalue weighted by Crippen LogP contribution is -2.07. The average Bonchev–Trinajstić information content (AvgIpc) is 2.37. The highest BCUT2D eigenvalue weighted by atomic mass is 19.4. The van der Waals surface area contributed by atoms with Crippen LogP contribution in [-0.2, 0) is 6.18 Å². The number of halogens is 4. The molecule has 0 aliphatic rings. The van der Waals surface area contributed by atoms with Crippen molar-refractivity contribution in [3.63, 3.8) is 0 Å². The zero-order chi connectivity index (χ0) is 14.0. The molecule has 0 fully saturated rings. The van der Waals surface area contributed by atoms with Crippen molar-refractivity contribution in [3.05, 3.63) is 53.6 Å². The van der Waals surface area contributed by atoms with Gasteiger partial charge in [0.1, 0.15) is 17.6 Å². The third-order valence-electron chi connectivity index (χ3n) is 2.49. The van der Waals surface area contributed by atoms with Gasteiger partial charge >= 0.3 is 6.18 Å². The zero-order valence-corrected chi connectivity index (χ0v) is 9.37. The van der Waals surface area contributed by atoms with Crippen LogP contribution in [0.1, 0.15) is 11.3 Å². The van der Waals surface area contributed by atoms with Gasteiger partial charge in [0.05, 0.1) is 5.56 Å². The SMILES string of the molecule is N#Cc1ccc(-c2ccc(C(F)(F)F)c(F)c2)cn1. The van der Waals surface area contributed by atoms with Gasteiger partial charge in [-0.25, -0.2) is 9.37 Å². The first-order chi connectivity index (χ1) is 8.91. The zero-order valence-electron chi connectivity index (χ0n) is 9.37. The number of alkyl halides is 3.